The van der Waals surface area contributed by atoms with Crippen LogP contribution in [0.2, 0.25) is 0 Å². The summed E-state index contributed by atoms with van der Waals surface area (Å²) in [4.78, 5) is 24.5. The van der Waals surface area contributed by atoms with Crippen LogP contribution in [0.1, 0.15) is 10.4 Å². The van der Waals surface area contributed by atoms with E-state index >= 15 is 0 Å². The number of carbonyl (C=O) groups is 1. The van der Waals surface area contributed by atoms with Gasteiger partial charge < -0.3 is 10.7 Å². The van der Waals surface area contributed by atoms with Crippen molar-refractivity contribution in [1.82, 2.24) is 9.97 Å². The summed E-state index contributed by atoms with van der Waals surface area (Å²) in [5.74, 6) is -0.441. The zero-order valence-electron chi connectivity index (χ0n) is 9.83. The number of thiazole rings is 1. The number of nitrogens with two attached hydrogens (primary N) is 1. The van der Waals surface area contributed by atoms with E-state index in [0.717, 1.165) is 20.8 Å². The third-order valence-electron chi connectivity index (χ3n) is 2.59. The molecule has 0 aliphatic heterocycles. The number of fused-ring (bicyclic) bond motifs is 1. The van der Waals surface area contributed by atoms with E-state index in [0.29, 0.717) is 5.56 Å². The number of amides is 1. The molecule has 0 atom stereocenters. The second-order valence-electron chi connectivity index (χ2n) is 3.91. The van der Waals surface area contributed by atoms with Crippen LogP contribution in [0, 0.1) is 0 Å². The van der Waals surface area contributed by atoms with Gasteiger partial charge in [-0.15, -0.1) is 0 Å². The molecule has 2 heterocycles. The van der Waals surface area contributed by atoms with Gasteiger partial charge in [0.15, 0.2) is 4.80 Å². The molecule has 0 aliphatic rings. The number of hydrogen-bond donors (Lipinski definition) is 2. The molecule has 19 heavy (non-hydrogen) atoms. The maximum atomic E-state index is 11.0. The van der Waals surface area contributed by atoms with Gasteiger partial charge in [0.25, 0.3) is 0 Å². The Bertz CT molecular complexity index is 765. The number of aromatic nitrogens is 2. The summed E-state index contributed by atoms with van der Waals surface area (Å²) in [7, 11) is 0. The van der Waals surface area contributed by atoms with Crippen LogP contribution >= 0.6 is 11.3 Å². The molecule has 0 unspecified atom stereocenters. The van der Waals surface area contributed by atoms with Crippen molar-refractivity contribution >= 4 is 33.3 Å². The van der Waals surface area contributed by atoms with Crippen molar-refractivity contribution in [3.05, 3.63) is 53.0 Å². The quantitative estimate of drug-likeness (QED) is 0.746. The topological polar surface area (TPSA) is 84.1 Å². The standard InChI is InChI=1S/C13H10N4OS/c14-11(18)8-3-5-9(6-4-8)16-13-17-10-2-1-7-15-12(10)19-13/h1-7H,(H2,14,18)(H,16,17). The summed E-state index contributed by atoms with van der Waals surface area (Å²) in [5.41, 5.74) is 7.37. The molecule has 0 bridgehead atoms. The van der Waals surface area contributed by atoms with Gasteiger partial charge in [-0.2, -0.15) is 0 Å². The Morgan fingerprint density at radius 1 is 1.26 bits per heavy atom. The van der Waals surface area contributed by atoms with E-state index in [-0.39, 0.29) is 0 Å². The van der Waals surface area contributed by atoms with Crippen molar-refractivity contribution in [2.24, 2.45) is 10.7 Å². The Morgan fingerprint density at radius 3 is 2.74 bits per heavy atom. The largest absolute Gasteiger partial charge is 0.366 e. The first-order valence-corrected chi connectivity index (χ1v) is 6.42. The van der Waals surface area contributed by atoms with Gasteiger partial charge in [-0.25, -0.2) is 9.98 Å². The number of carbonyl (C=O) groups excluding carboxylic acids is 1. The molecule has 3 aromatic rings. The number of H-pyrrole nitrogens is 1. The van der Waals surface area contributed by atoms with Gasteiger partial charge in [-0.1, -0.05) is 11.3 Å². The van der Waals surface area contributed by atoms with Gasteiger partial charge in [0.05, 0.1) is 11.2 Å². The maximum absolute atomic E-state index is 11.0. The summed E-state index contributed by atoms with van der Waals surface area (Å²) in [5, 5.41) is 0. The molecule has 1 aromatic carbocycles. The number of rotatable bonds is 2. The lowest BCUT2D eigenvalue weighted by Gasteiger charge is -1.95. The zero-order chi connectivity index (χ0) is 13.2. The third kappa shape index (κ3) is 2.38. The van der Waals surface area contributed by atoms with Crippen LogP contribution in [0.5, 0.6) is 0 Å². The highest BCUT2D eigenvalue weighted by Gasteiger charge is 2.00. The first-order valence-electron chi connectivity index (χ1n) is 5.61. The van der Waals surface area contributed by atoms with E-state index in [1.165, 1.54) is 11.3 Å². The minimum atomic E-state index is -0.441. The molecule has 5 nitrogen and oxygen atoms in total. The fourth-order valence-electron chi connectivity index (χ4n) is 1.67. The van der Waals surface area contributed by atoms with E-state index in [1.807, 2.05) is 12.1 Å². The van der Waals surface area contributed by atoms with Crippen molar-refractivity contribution in [2.45, 2.75) is 0 Å². The van der Waals surface area contributed by atoms with E-state index in [4.69, 9.17) is 5.73 Å². The lowest BCUT2D eigenvalue weighted by molar-refractivity contribution is 0.100. The van der Waals surface area contributed by atoms with E-state index < -0.39 is 5.91 Å². The Hall–Kier alpha value is -2.47. The van der Waals surface area contributed by atoms with E-state index in [1.54, 1.807) is 30.5 Å². The average molecular weight is 270 g/mol. The van der Waals surface area contributed by atoms with Crippen LogP contribution in [0.3, 0.4) is 0 Å². The van der Waals surface area contributed by atoms with E-state index in [9.17, 15) is 4.79 Å². The number of nitrogens with zero attached hydrogens (tertiary/aromatic N) is 2. The Morgan fingerprint density at radius 2 is 2.05 bits per heavy atom. The van der Waals surface area contributed by atoms with Crippen molar-refractivity contribution < 1.29 is 4.79 Å². The second kappa shape index (κ2) is 4.66. The molecule has 0 fully saturated rings. The monoisotopic (exact) mass is 270 g/mol. The van der Waals surface area contributed by atoms with Crippen LogP contribution in [-0.4, -0.2) is 15.9 Å². The lowest BCUT2D eigenvalue weighted by Crippen LogP contribution is -2.10. The van der Waals surface area contributed by atoms with Crippen molar-refractivity contribution in [2.75, 3.05) is 0 Å². The molecule has 2 aromatic heterocycles. The van der Waals surface area contributed by atoms with Crippen LogP contribution in [0.15, 0.2) is 47.6 Å². The second-order valence-corrected chi connectivity index (χ2v) is 4.89. The molecule has 1 amide bonds. The van der Waals surface area contributed by atoms with Crippen molar-refractivity contribution in [3.63, 3.8) is 0 Å². The first kappa shape index (κ1) is 11.6. The van der Waals surface area contributed by atoms with Gasteiger partial charge in [-0.3, -0.25) is 4.79 Å². The average Bonchev–Trinajstić information content (AvgIpc) is 2.81. The lowest BCUT2D eigenvalue weighted by atomic mass is 10.2. The van der Waals surface area contributed by atoms with Gasteiger partial charge in [-0.05, 0) is 36.4 Å². The zero-order valence-corrected chi connectivity index (χ0v) is 10.6. The summed E-state index contributed by atoms with van der Waals surface area (Å²) in [6.07, 6.45) is 1.75. The normalized spacial score (nSPS) is 11.9. The minimum Gasteiger partial charge on any atom is -0.366 e. The molecule has 0 radical (unpaired) electrons. The van der Waals surface area contributed by atoms with Gasteiger partial charge >= 0.3 is 0 Å². The number of hydrogen-bond acceptors (Lipinski definition) is 4. The van der Waals surface area contributed by atoms with Gasteiger partial charge in [0.1, 0.15) is 4.83 Å². The minimum absolute atomic E-state index is 0.441. The molecule has 3 rings (SSSR count). The SMILES string of the molecule is NC(=O)c1ccc(N=c2[nH]c3cccnc3s2)cc1. The van der Waals surface area contributed by atoms with Crippen LogP contribution in [0.25, 0.3) is 10.3 Å². The molecule has 3 N–H and O–H groups in total. The Labute approximate surface area is 112 Å². The molecule has 0 aliphatic carbocycles. The molecule has 94 valence electrons. The third-order valence-corrected chi connectivity index (χ3v) is 3.49. The highest BCUT2D eigenvalue weighted by atomic mass is 32.1. The van der Waals surface area contributed by atoms with E-state index in [2.05, 4.69) is 15.0 Å². The maximum Gasteiger partial charge on any atom is 0.248 e. The summed E-state index contributed by atoms with van der Waals surface area (Å²) in [6.45, 7) is 0. The molecular formula is C13H10N4OS. The number of nitrogens with one attached hydrogen (secondary N) is 1. The highest BCUT2D eigenvalue weighted by molar-refractivity contribution is 7.15. The van der Waals surface area contributed by atoms with Crippen molar-refractivity contribution in [1.29, 1.82) is 0 Å². The summed E-state index contributed by atoms with van der Waals surface area (Å²) < 4.78 is 0. The summed E-state index contributed by atoms with van der Waals surface area (Å²) >= 11 is 1.48. The first-order chi connectivity index (χ1) is 9.22. The smallest absolute Gasteiger partial charge is 0.248 e. The number of aromatic amines is 1. The van der Waals surface area contributed by atoms with Crippen LogP contribution < -0.4 is 10.5 Å². The number of pyridine rings is 1. The Balaban J connectivity index is 2.02. The Kier molecular flexibility index (Phi) is 2.85. The predicted molar refractivity (Wildman–Crippen MR) is 74.2 cm³/mol. The van der Waals surface area contributed by atoms with Crippen LogP contribution in [-0.2, 0) is 0 Å². The predicted octanol–water partition coefficient (Wildman–Crippen LogP) is 1.96. The molecule has 6 heteroatoms. The number of primary amides is 1. The molecule has 0 saturated carbocycles. The molecule has 0 spiro atoms. The summed E-state index contributed by atoms with van der Waals surface area (Å²) in [6, 6.07) is 10.7. The van der Waals surface area contributed by atoms with Gasteiger partial charge in [0, 0.05) is 11.8 Å². The fourth-order valence-corrected chi connectivity index (χ4v) is 2.51. The van der Waals surface area contributed by atoms with Crippen LogP contribution in [0.4, 0.5) is 5.69 Å². The fraction of sp³-hybridized carbons (Fsp3) is 0. The molecular weight excluding hydrogens is 260 g/mol. The van der Waals surface area contributed by atoms with Gasteiger partial charge in [0.2, 0.25) is 5.91 Å². The molecule has 0 saturated heterocycles. The van der Waals surface area contributed by atoms with Crippen molar-refractivity contribution in [3.8, 4) is 0 Å². The highest BCUT2D eigenvalue weighted by Crippen LogP contribution is 2.14. The number of benzene rings is 1.